The van der Waals surface area contributed by atoms with Crippen molar-refractivity contribution >= 4 is 17.7 Å². The summed E-state index contributed by atoms with van der Waals surface area (Å²) < 4.78 is 6.01. The third kappa shape index (κ3) is 5.65. The Kier molecular flexibility index (Phi) is 6.23. The molecule has 1 atom stereocenters. The molecular weight excluding hydrogens is 350 g/mol. The lowest BCUT2D eigenvalue weighted by Gasteiger charge is -2.28. The van der Waals surface area contributed by atoms with E-state index in [9.17, 15) is 14.4 Å². The minimum absolute atomic E-state index is 0.00142. The van der Waals surface area contributed by atoms with Gasteiger partial charge in [-0.3, -0.25) is 24.3 Å². The van der Waals surface area contributed by atoms with Crippen molar-refractivity contribution in [1.29, 1.82) is 0 Å². The van der Waals surface area contributed by atoms with Crippen LogP contribution in [0.15, 0.2) is 18.3 Å². The molecule has 9 nitrogen and oxygen atoms in total. The molecular formula is C18H25N5O4. The second-order valence-corrected chi connectivity index (χ2v) is 6.82. The smallest absolute Gasteiger partial charge is 0.239 e. The van der Waals surface area contributed by atoms with Gasteiger partial charge in [-0.15, -0.1) is 0 Å². The Morgan fingerprint density at radius 1 is 1.41 bits per heavy atom. The van der Waals surface area contributed by atoms with Gasteiger partial charge in [-0.05, 0) is 12.5 Å². The van der Waals surface area contributed by atoms with E-state index in [1.165, 1.54) is 6.92 Å². The van der Waals surface area contributed by atoms with Crippen molar-refractivity contribution in [2.24, 2.45) is 0 Å². The topological polar surface area (TPSA) is 104 Å². The molecule has 0 bridgehead atoms. The molecule has 1 aromatic heterocycles. The normalized spacial score (nSPS) is 20.3. The van der Waals surface area contributed by atoms with Crippen LogP contribution in [0.25, 0.3) is 0 Å². The van der Waals surface area contributed by atoms with Crippen LogP contribution >= 0.6 is 0 Å². The summed E-state index contributed by atoms with van der Waals surface area (Å²) in [6, 6.07) is 3.60. The van der Waals surface area contributed by atoms with Crippen LogP contribution in [0.5, 0.6) is 5.75 Å². The average Bonchev–Trinajstić information content (AvgIpc) is 3.07. The molecule has 3 rings (SSSR count). The lowest BCUT2D eigenvalue weighted by molar-refractivity contribution is -0.138. The molecule has 2 N–H and O–H groups in total. The molecule has 2 aliphatic rings. The van der Waals surface area contributed by atoms with E-state index in [-0.39, 0.29) is 30.4 Å². The standard InChI is InChI=1S/C18H25N5O4/c1-13(24)21-9-14-8-15(2-4-19-14)27-16-3-6-22(10-16)12-18(26)23-7-5-20-17(25)11-23/h2,4,8,16H,3,5-7,9-12H2,1H3,(H,20,25)(H,21,24). The van der Waals surface area contributed by atoms with Crippen LogP contribution in [-0.4, -0.2) is 77.9 Å². The van der Waals surface area contributed by atoms with Crippen LogP contribution in [0.4, 0.5) is 0 Å². The molecule has 3 heterocycles. The highest BCUT2D eigenvalue weighted by Gasteiger charge is 2.28. The number of hydrogen-bond acceptors (Lipinski definition) is 6. The summed E-state index contributed by atoms with van der Waals surface area (Å²) in [4.78, 5) is 42.6. The summed E-state index contributed by atoms with van der Waals surface area (Å²) in [5.74, 6) is 0.471. The number of nitrogens with zero attached hydrogens (tertiary/aromatic N) is 3. The zero-order valence-corrected chi connectivity index (χ0v) is 15.4. The largest absolute Gasteiger partial charge is 0.489 e. The van der Waals surface area contributed by atoms with Crippen molar-refractivity contribution in [2.45, 2.75) is 26.0 Å². The minimum atomic E-state index is -0.106. The van der Waals surface area contributed by atoms with Crippen molar-refractivity contribution < 1.29 is 19.1 Å². The van der Waals surface area contributed by atoms with Gasteiger partial charge >= 0.3 is 0 Å². The van der Waals surface area contributed by atoms with E-state index in [0.717, 1.165) is 18.7 Å². The van der Waals surface area contributed by atoms with Gasteiger partial charge in [0.05, 0.1) is 25.3 Å². The van der Waals surface area contributed by atoms with E-state index in [2.05, 4.69) is 20.5 Å². The van der Waals surface area contributed by atoms with Crippen molar-refractivity contribution in [3.05, 3.63) is 24.0 Å². The number of amides is 3. The number of carbonyl (C=O) groups is 3. The predicted octanol–water partition coefficient (Wildman–Crippen LogP) is -0.871. The molecule has 1 aromatic rings. The number of nitrogens with one attached hydrogen (secondary N) is 2. The van der Waals surface area contributed by atoms with Crippen LogP contribution in [0, 0.1) is 0 Å². The van der Waals surface area contributed by atoms with Crippen LogP contribution < -0.4 is 15.4 Å². The van der Waals surface area contributed by atoms with Crippen molar-refractivity contribution in [2.75, 3.05) is 39.3 Å². The number of carbonyl (C=O) groups excluding carboxylic acids is 3. The van der Waals surface area contributed by atoms with Gasteiger partial charge in [-0.2, -0.15) is 0 Å². The fourth-order valence-electron chi connectivity index (χ4n) is 3.21. The molecule has 2 aliphatic heterocycles. The SMILES string of the molecule is CC(=O)NCc1cc(OC2CCN(CC(=O)N3CCNC(=O)C3)C2)ccn1. The highest BCUT2D eigenvalue weighted by molar-refractivity contribution is 5.86. The highest BCUT2D eigenvalue weighted by atomic mass is 16.5. The van der Waals surface area contributed by atoms with Gasteiger partial charge in [-0.25, -0.2) is 0 Å². The maximum atomic E-state index is 12.4. The van der Waals surface area contributed by atoms with Crippen LogP contribution in [0.3, 0.4) is 0 Å². The third-order valence-electron chi connectivity index (χ3n) is 4.59. The van der Waals surface area contributed by atoms with Gasteiger partial charge in [0.15, 0.2) is 0 Å². The molecule has 1 unspecified atom stereocenters. The number of piperazine rings is 1. The second kappa shape index (κ2) is 8.81. The molecule has 3 amide bonds. The van der Waals surface area contributed by atoms with E-state index in [1.807, 2.05) is 6.07 Å². The maximum Gasteiger partial charge on any atom is 0.239 e. The summed E-state index contributed by atoms with van der Waals surface area (Å²) >= 11 is 0. The fourth-order valence-corrected chi connectivity index (χ4v) is 3.21. The van der Waals surface area contributed by atoms with Gasteiger partial charge in [-0.1, -0.05) is 0 Å². The quantitative estimate of drug-likeness (QED) is 0.670. The third-order valence-corrected chi connectivity index (χ3v) is 4.59. The Balaban J connectivity index is 1.47. The number of ether oxygens (including phenoxy) is 1. The number of aromatic nitrogens is 1. The molecule has 0 aliphatic carbocycles. The lowest BCUT2D eigenvalue weighted by Crippen LogP contribution is -2.52. The van der Waals surface area contributed by atoms with Crippen molar-refractivity contribution in [3.63, 3.8) is 0 Å². The molecule has 0 aromatic carbocycles. The Bertz CT molecular complexity index is 711. The summed E-state index contributed by atoms with van der Waals surface area (Å²) in [5.41, 5.74) is 0.733. The van der Waals surface area contributed by atoms with Gasteiger partial charge in [0.25, 0.3) is 0 Å². The zero-order valence-electron chi connectivity index (χ0n) is 15.4. The number of likely N-dealkylation sites (tertiary alicyclic amines) is 1. The van der Waals surface area contributed by atoms with Crippen molar-refractivity contribution in [3.8, 4) is 5.75 Å². The monoisotopic (exact) mass is 375 g/mol. The maximum absolute atomic E-state index is 12.4. The van der Waals surface area contributed by atoms with Gasteiger partial charge < -0.3 is 20.3 Å². The average molecular weight is 375 g/mol. The van der Waals surface area contributed by atoms with Crippen LogP contribution in [0.2, 0.25) is 0 Å². The molecule has 2 fully saturated rings. The Labute approximate surface area is 158 Å². The summed E-state index contributed by atoms with van der Waals surface area (Å²) in [5, 5.41) is 5.43. The van der Waals surface area contributed by atoms with Gasteiger partial charge in [0, 0.05) is 45.4 Å². The first-order valence-corrected chi connectivity index (χ1v) is 9.12. The second-order valence-electron chi connectivity index (χ2n) is 6.82. The molecule has 0 saturated carbocycles. The molecule has 146 valence electrons. The Hall–Kier alpha value is -2.68. The predicted molar refractivity (Wildman–Crippen MR) is 96.8 cm³/mol. The summed E-state index contributed by atoms with van der Waals surface area (Å²) in [6.45, 7) is 4.78. The minimum Gasteiger partial charge on any atom is -0.489 e. The van der Waals surface area contributed by atoms with E-state index in [4.69, 9.17) is 4.74 Å². The van der Waals surface area contributed by atoms with Gasteiger partial charge in [0.2, 0.25) is 17.7 Å². The summed E-state index contributed by atoms with van der Waals surface area (Å²) in [6.07, 6.45) is 2.49. The first-order chi connectivity index (χ1) is 13.0. The van der Waals surface area contributed by atoms with Crippen LogP contribution in [-0.2, 0) is 20.9 Å². The summed E-state index contributed by atoms with van der Waals surface area (Å²) in [7, 11) is 0. The number of hydrogen-bond donors (Lipinski definition) is 2. The highest BCUT2D eigenvalue weighted by Crippen LogP contribution is 2.19. The Morgan fingerprint density at radius 2 is 2.26 bits per heavy atom. The molecule has 0 spiro atoms. The lowest BCUT2D eigenvalue weighted by atomic mass is 10.3. The Morgan fingerprint density at radius 3 is 3.04 bits per heavy atom. The van der Waals surface area contributed by atoms with Gasteiger partial charge in [0.1, 0.15) is 11.9 Å². The first-order valence-electron chi connectivity index (χ1n) is 9.12. The fraction of sp³-hybridized carbons (Fsp3) is 0.556. The molecule has 0 radical (unpaired) electrons. The van der Waals surface area contributed by atoms with E-state index in [1.54, 1.807) is 17.2 Å². The van der Waals surface area contributed by atoms with E-state index >= 15 is 0 Å². The molecule has 27 heavy (non-hydrogen) atoms. The van der Waals surface area contributed by atoms with E-state index < -0.39 is 0 Å². The van der Waals surface area contributed by atoms with Crippen LogP contribution in [0.1, 0.15) is 19.0 Å². The number of pyridine rings is 1. The molecule has 9 heteroatoms. The van der Waals surface area contributed by atoms with E-state index in [0.29, 0.717) is 38.5 Å². The zero-order chi connectivity index (χ0) is 19.2. The first kappa shape index (κ1) is 19.1. The number of rotatable bonds is 6. The molecule has 2 saturated heterocycles. The van der Waals surface area contributed by atoms with Crippen molar-refractivity contribution in [1.82, 2.24) is 25.4 Å².